The van der Waals surface area contributed by atoms with Gasteiger partial charge in [-0.05, 0) is 71.8 Å². The Morgan fingerprint density at radius 3 is 2.61 bits per heavy atom. The van der Waals surface area contributed by atoms with Gasteiger partial charge in [0, 0.05) is 15.3 Å². The molecule has 1 unspecified atom stereocenters. The molecule has 0 radical (unpaired) electrons. The van der Waals surface area contributed by atoms with Gasteiger partial charge in [0.2, 0.25) is 0 Å². The van der Waals surface area contributed by atoms with Crippen LogP contribution in [0.5, 0.6) is 0 Å². The zero-order valence-corrected chi connectivity index (χ0v) is 12.5. The summed E-state index contributed by atoms with van der Waals surface area (Å²) >= 11 is 2.32. The standard InChI is InChI=1S/C15H15FIN/c1-10-14(17)7-4-8-15(10)18-11(2)12-5-3-6-13(16)9-12/h3-9,11,18H,1-2H3. The van der Waals surface area contributed by atoms with E-state index in [-0.39, 0.29) is 11.9 Å². The molecule has 18 heavy (non-hydrogen) atoms. The SMILES string of the molecule is Cc1c(I)cccc1NC(C)c1cccc(F)c1. The van der Waals surface area contributed by atoms with Gasteiger partial charge in [0.1, 0.15) is 5.82 Å². The molecular weight excluding hydrogens is 340 g/mol. The van der Waals surface area contributed by atoms with Crippen molar-refractivity contribution in [2.24, 2.45) is 0 Å². The summed E-state index contributed by atoms with van der Waals surface area (Å²) in [4.78, 5) is 0. The van der Waals surface area contributed by atoms with Crippen LogP contribution in [-0.4, -0.2) is 0 Å². The maximum absolute atomic E-state index is 13.2. The number of hydrogen-bond donors (Lipinski definition) is 1. The van der Waals surface area contributed by atoms with Gasteiger partial charge >= 0.3 is 0 Å². The smallest absolute Gasteiger partial charge is 0.123 e. The molecule has 1 N–H and O–H groups in total. The van der Waals surface area contributed by atoms with E-state index in [9.17, 15) is 4.39 Å². The first kappa shape index (κ1) is 13.3. The van der Waals surface area contributed by atoms with Crippen molar-refractivity contribution in [3.8, 4) is 0 Å². The lowest BCUT2D eigenvalue weighted by molar-refractivity contribution is 0.623. The first-order valence-corrected chi connectivity index (χ1v) is 6.93. The van der Waals surface area contributed by atoms with Crippen LogP contribution in [-0.2, 0) is 0 Å². The van der Waals surface area contributed by atoms with E-state index in [0.717, 1.165) is 11.3 Å². The zero-order chi connectivity index (χ0) is 13.1. The summed E-state index contributed by atoms with van der Waals surface area (Å²) in [5, 5.41) is 3.42. The fraction of sp³-hybridized carbons (Fsp3) is 0.200. The van der Waals surface area contributed by atoms with Crippen molar-refractivity contribution < 1.29 is 4.39 Å². The Morgan fingerprint density at radius 1 is 1.17 bits per heavy atom. The fourth-order valence-corrected chi connectivity index (χ4v) is 2.35. The summed E-state index contributed by atoms with van der Waals surface area (Å²) < 4.78 is 14.4. The van der Waals surface area contributed by atoms with Gasteiger partial charge in [-0.1, -0.05) is 18.2 Å². The fourth-order valence-electron chi connectivity index (χ4n) is 1.86. The third kappa shape index (κ3) is 3.02. The molecule has 0 bridgehead atoms. The maximum atomic E-state index is 13.2. The topological polar surface area (TPSA) is 12.0 Å². The minimum atomic E-state index is -0.194. The second-order valence-electron chi connectivity index (χ2n) is 4.33. The molecule has 0 amide bonds. The summed E-state index contributed by atoms with van der Waals surface area (Å²) in [6, 6.07) is 12.9. The lowest BCUT2D eigenvalue weighted by atomic mass is 10.1. The highest BCUT2D eigenvalue weighted by Gasteiger charge is 2.08. The van der Waals surface area contributed by atoms with Gasteiger partial charge in [-0.15, -0.1) is 0 Å². The summed E-state index contributed by atoms with van der Waals surface area (Å²) in [5.41, 5.74) is 3.27. The summed E-state index contributed by atoms with van der Waals surface area (Å²) in [6.45, 7) is 4.12. The van der Waals surface area contributed by atoms with E-state index in [1.807, 2.05) is 25.1 Å². The third-order valence-corrected chi connectivity index (χ3v) is 4.16. The highest BCUT2D eigenvalue weighted by molar-refractivity contribution is 14.1. The maximum Gasteiger partial charge on any atom is 0.123 e. The Balaban J connectivity index is 2.21. The third-order valence-electron chi connectivity index (χ3n) is 2.99. The molecule has 0 aliphatic rings. The predicted molar refractivity (Wildman–Crippen MR) is 82.3 cm³/mol. The number of rotatable bonds is 3. The van der Waals surface area contributed by atoms with Crippen molar-refractivity contribution >= 4 is 28.3 Å². The van der Waals surface area contributed by atoms with Gasteiger partial charge in [0.25, 0.3) is 0 Å². The average Bonchev–Trinajstić information content (AvgIpc) is 2.35. The Bertz CT molecular complexity index is 554. The van der Waals surface area contributed by atoms with Crippen LogP contribution in [0.1, 0.15) is 24.1 Å². The largest absolute Gasteiger partial charge is 0.378 e. The van der Waals surface area contributed by atoms with Crippen LogP contribution < -0.4 is 5.32 Å². The number of nitrogens with one attached hydrogen (secondary N) is 1. The molecule has 0 heterocycles. The number of benzene rings is 2. The molecule has 0 aliphatic heterocycles. The van der Waals surface area contributed by atoms with Crippen LogP contribution in [0.15, 0.2) is 42.5 Å². The summed E-state index contributed by atoms with van der Waals surface area (Å²) in [5.74, 6) is -0.194. The molecule has 2 aromatic rings. The van der Waals surface area contributed by atoms with Crippen molar-refractivity contribution in [1.82, 2.24) is 0 Å². The molecule has 1 nitrogen and oxygen atoms in total. The van der Waals surface area contributed by atoms with E-state index < -0.39 is 0 Å². The number of halogens is 2. The monoisotopic (exact) mass is 355 g/mol. The molecule has 2 rings (SSSR count). The van der Waals surface area contributed by atoms with E-state index in [1.54, 1.807) is 12.1 Å². The van der Waals surface area contributed by atoms with Crippen LogP contribution in [0.3, 0.4) is 0 Å². The van der Waals surface area contributed by atoms with E-state index in [2.05, 4.69) is 40.9 Å². The molecular formula is C15H15FIN. The van der Waals surface area contributed by atoms with Gasteiger partial charge in [0.05, 0.1) is 0 Å². The van der Waals surface area contributed by atoms with Crippen molar-refractivity contribution in [2.45, 2.75) is 19.9 Å². The molecule has 0 aliphatic carbocycles. The van der Waals surface area contributed by atoms with E-state index in [1.165, 1.54) is 15.2 Å². The highest BCUT2D eigenvalue weighted by Crippen LogP contribution is 2.25. The predicted octanol–water partition coefficient (Wildman–Crippen LogP) is 4.91. The van der Waals surface area contributed by atoms with Crippen molar-refractivity contribution in [3.05, 3.63) is 63.0 Å². The van der Waals surface area contributed by atoms with Crippen molar-refractivity contribution in [3.63, 3.8) is 0 Å². The molecule has 0 saturated carbocycles. The van der Waals surface area contributed by atoms with Gasteiger partial charge < -0.3 is 5.32 Å². The molecule has 0 fully saturated rings. The van der Waals surface area contributed by atoms with E-state index in [4.69, 9.17) is 0 Å². The van der Waals surface area contributed by atoms with Gasteiger partial charge in [-0.25, -0.2) is 4.39 Å². The van der Waals surface area contributed by atoms with Crippen LogP contribution in [0.4, 0.5) is 10.1 Å². The normalized spacial score (nSPS) is 12.2. The zero-order valence-electron chi connectivity index (χ0n) is 10.4. The van der Waals surface area contributed by atoms with Crippen molar-refractivity contribution in [1.29, 1.82) is 0 Å². The lowest BCUT2D eigenvalue weighted by Crippen LogP contribution is -2.08. The van der Waals surface area contributed by atoms with Crippen molar-refractivity contribution in [2.75, 3.05) is 5.32 Å². The Morgan fingerprint density at radius 2 is 1.89 bits per heavy atom. The molecule has 94 valence electrons. The lowest BCUT2D eigenvalue weighted by Gasteiger charge is -2.18. The molecule has 0 saturated heterocycles. The molecule has 0 spiro atoms. The van der Waals surface area contributed by atoms with Crippen LogP contribution in [0.2, 0.25) is 0 Å². The number of anilines is 1. The van der Waals surface area contributed by atoms with Crippen LogP contribution in [0.25, 0.3) is 0 Å². The second kappa shape index (κ2) is 5.69. The Hall–Kier alpha value is -1.10. The summed E-state index contributed by atoms with van der Waals surface area (Å²) in [7, 11) is 0. The first-order chi connectivity index (χ1) is 8.58. The minimum Gasteiger partial charge on any atom is -0.378 e. The highest BCUT2D eigenvalue weighted by atomic mass is 127. The minimum absolute atomic E-state index is 0.0811. The average molecular weight is 355 g/mol. The number of hydrogen-bond acceptors (Lipinski definition) is 1. The van der Waals surface area contributed by atoms with E-state index >= 15 is 0 Å². The Labute approximate surface area is 121 Å². The molecule has 2 aromatic carbocycles. The second-order valence-corrected chi connectivity index (χ2v) is 5.50. The van der Waals surface area contributed by atoms with Crippen LogP contribution >= 0.6 is 22.6 Å². The van der Waals surface area contributed by atoms with Gasteiger partial charge in [0.15, 0.2) is 0 Å². The first-order valence-electron chi connectivity index (χ1n) is 5.85. The quantitative estimate of drug-likeness (QED) is 0.772. The van der Waals surface area contributed by atoms with Crippen LogP contribution in [0, 0.1) is 16.3 Å². The van der Waals surface area contributed by atoms with Gasteiger partial charge in [-0.3, -0.25) is 0 Å². The molecule has 0 aromatic heterocycles. The molecule has 3 heteroatoms. The summed E-state index contributed by atoms with van der Waals surface area (Å²) in [6.07, 6.45) is 0. The molecule has 1 atom stereocenters. The van der Waals surface area contributed by atoms with E-state index in [0.29, 0.717) is 0 Å². The van der Waals surface area contributed by atoms with Gasteiger partial charge in [-0.2, -0.15) is 0 Å². The Kier molecular flexibility index (Phi) is 4.22.